The molecule has 0 unspecified atom stereocenters. The highest BCUT2D eigenvalue weighted by molar-refractivity contribution is 6.04. The number of esters is 1. The third kappa shape index (κ3) is 4.86. The van der Waals surface area contributed by atoms with E-state index in [0.717, 1.165) is 4.68 Å². The lowest BCUT2D eigenvalue weighted by molar-refractivity contribution is 0.0527. The fourth-order valence-electron chi connectivity index (χ4n) is 3.64. The summed E-state index contributed by atoms with van der Waals surface area (Å²) >= 11 is 0. The second kappa shape index (κ2) is 11.1. The molecule has 1 aromatic heterocycles. The zero-order chi connectivity index (χ0) is 26.4. The molecule has 0 aliphatic rings. The van der Waals surface area contributed by atoms with Crippen molar-refractivity contribution in [2.75, 3.05) is 33.7 Å². The van der Waals surface area contributed by atoms with Crippen molar-refractivity contribution in [1.82, 2.24) is 4.68 Å². The standard InChI is InChI=1S/C26H26N4O6/c1-6-36-26(32)23-22(16-7-9-17(33-3)10-8-16)20(14-27)25(31)30(24(23)28)29-15(2)19-13-18(34-4)11-12-21(19)35-5/h7-13H,6,28H2,1-5H3. The lowest BCUT2D eigenvalue weighted by Gasteiger charge is -2.17. The topological polar surface area (TPSA) is 138 Å². The summed E-state index contributed by atoms with van der Waals surface area (Å²) in [5.74, 6) is 0.510. The second-order valence-corrected chi connectivity index (χ2v) is 7.44. The second-order valence-electron chi connectivity index (χ2n) is 7.44. The molecule has 36 heavy (non-hydrogen) atoms. The first-order valence-corrected chi connectivity index (χ1v) is 10.9. The van der Waals surface area contributed by atoms with Gasteiger partial charge in [-0.05, 0) is 49.7 Å². The molecule has 0 saturated heterocycles. The molecule has 10 nitrogen and oxygen atoms in total. The van der Waals surface area contributed by atoms with E-state index in [9.17, 15) is 14.9 Å². The van der Waals surface area contributed by atoms with E-state index in [4.69, 9.17) is 24.7 Å². The summed E-state index contributed by atoms with van der Waals surface area (Å²) < 4.78 is 21.9. The molecule has 1 heterocycles. The summed E-state index contributed by atoms with van der Waals surface area (Å²) in [4.78, 5) is 26.5. The molecule has 0 saturated carbocycles. The van der Waals surface area contributed by atoms with E-state index in [1.807, 2.05) is 6.07 Å². The Morgan fingerprint density at radius 3 is 2.25 bits per heavy atom. The van der Waals surface area contributed by atoms with Crippen LogP contribution in [0.15, 0.2) is 52.4 Å². The van der Waals surface area contributed by atoms with Crippen molar-refractivity contribution < 1.29 is 23.7 Å². The van der Waals surface area contributed by atoms with Crippen LogP contribution in [0.1, 0.15) is 35.3 Å². The van der Waals surface area contributed by atoms with Gasteiger partial charge in [0.15, 0.2) is 0 Å². The van der Waals surface area contributed by atoms with Crippen molar-refractivity contribution in [1.29, 1.82) is 5.26 Å². The highest BCUT2D eigenvalue weighted by atomic mass is 16.5. The quantitative estimate of drug-likeness (QED) is 0.374. The first-order chi connectivity index (χ1) is 17.3. The Hall–Kier alpha value is -4.78. The third-order valence-corrected chi connectivity index (χ3v) is 5.41. The Balaban J connectivity index is 2.35. The summed E-state index contributed by atoms with van der Waals surface area (Å²) in [6.45, 7) is 3.33. The number of hydrogen-bond donors (Lipinski definition) is 1. The van der Waals surface area contributed by atoms with Gasteiger partial charge in [-0.15, -0.1) is 0 Å². The predicted octanol–water partition coefficient (Wildman–Crippen LogP) is 3.44. The van der Waals surface area contributed by atoms with Crippen molar-refractivity contribution in [3.05, 3.63) is 69.5 Å². The first-order valence-electron chi connectivity index (χ1n) is 10.9. The Morgan fingerprint density at radius 1 is 1.06 bits per heavy atom. The minimum atomic E-state index is -0.796. The number of nitrogen functional groups attached to an aromatic ring is 1. The molecule has 0 bridgehead atoms. The molecule has 2 N–H and O–H groups in total. The van der Waals surface area contributed by atoms with Crippen molar-refractivity contribution >= 4 is 17.5 Å². The third-order valence-electron chi connectivity index (χ3n) is 5.41. The van der Waals surface area contributed by atoms with Gasteiger partial charge in [0.25, 0.3) is 5.56 Å². The van der Waals surface area contributed by atoms with Crippen LogP contribution in [-0.4, -0.2) is 44.3 Å². The summed E-state index contributed by atoms with van der Waals surface area (Å²) in [5.41, 5.74) is 6.43. The van der Waals surface area contributed by atoms with Gasteiger partial charge in [-0.25, -0.2) is 4.79 Å². The lowest BCUT2D eigenvalue weighted by atomic mass is 9.96. The smallest absolute Gasteiger partial charge is 0.342 e. The zero-order valence-corrected chi connectivity index (χ0v) is 20.6. The van der Waals surface area contributed by atoms with Gasteiger partial charge >= 0.3 is 5.97 Å². The number of carbonyl (C=O) groups is 1. The number of anilines is 1. The van der Waals surface area contributed by atoms with E-state index in [1.165, 1.54) is 21.3 Å². The fourth-order valence-corrected chi connectivity index (χ4v) is 3.64. The number of methoxy groups -OCH3 is 3. The van der Waals surface area contributed by atoms with Crippen LogP contribution < -0.4 is 25.5 Å². The zero-order valence-electron chi connectivity index (χ0n) is 20.6. The number of ether oxygens (including phenoxy) is 4. The van der Waals surface area contributed by atoms with Crippen LogP contribution in [0.4, 0.5) is 5.82 Å². The normalized spacial score (nSPS) is 10.9. The Labute approximate surface area is 208 Å². The van der Waals surface area contributed by atoms with Crippen molar-refractivity contribution in [2.45, 2.75) is 13.8 Å². The molecule has 0 spiro atoms. The van der Waals surface area contributed by atoms with E-state index in [0.29, 0.717) is 34.1 Å². The maximum absolute atomic E-state index is 13.4. The van der Waals surface area contributed by atoms with Crippen LogP contribution >= 0.6 is 0 Å². The number of carbonyl (C=O) groups excluding carboxylic acids is 1. The molecule has 186 valence electrons. The van der Waals surface area contributed by atoms with Crippen LogP contribution in [-0.2, 0) is 4.74 Å². The molecule has 0 aliphatic carbocycles. The van der Waals surface area contributed by atoms with Crippen LogP contribution in [0.25, 0.3) is 11.1 Å². The van der Waals surface area contributed by atoms with Gasteiger partial charge in [0, 0.05) is 11.1 Å². The SMILES string of the molecule is CCOC(=O)c1c(-c2ccc(OC)cc2)c(C#N)c(=O)n(N=C(C)c2cc(OC)ccc2OC)c1N. The monoisotopic (exact) mass is 490 g/mol. The lowest BCUT2D eigenvalue weighted by Crippen LogP contribution is -2.28. The number of benzene rings is 2. The molecule has 3 aromatic rings. The number of nitrogens with zero attached hydrogens (tertiary/aromatic N) is 3. The van der Waals surface area contributed by atoms with Crippen LogP contribution in [0, 0.1) is 11.3 Å². The van der Waals surface area contributed by atoms with Gasteiger partial charge < -0.3 is 24.7 Å². The van der Waals surface area contributed by atoms with Crippen LogP contribution in [0.2, 0.25) is 0 Å². The summed E-state index contributed by atoms with van der Waals surface area (Å²) in [5, 5.41) is 14.3. The molecule has 10 heteroatoms. The number of pyridine rings is 1. The molecule has 2 aromatic carbocycles. The van der Waals surface area contributed by atoms with Gasteiger partial charge in [-0.1, -0.05) is 12.1 Å². The van der Waals surface area contributed by atoms with Crippen LogP contribution in [0.5, 0.6) is 17.2 Å². The Morgan fingerprint density at radius 2 is 1.69 bits per heavy atom. The summed E-state index contributed by atoms with van der Waals surface area (Å²) in [6.07, 6.45) is 0. The number of rotatable bonds is 8. The van der Waals surface area contributed by atoms with Crippen LogP contribution in [0.3, 0.4) is 0 Å². The van der Waals surface area contributed by atoms with Gasteiger partial charge in [-0.3, -0.25) is 4.79 Å². The summed E-state index contributed by atoms with van der Waals surface area (Å²) in [7, 11) is 4.52. The van der Waals surface area contributed by atoms with Gasteiger partial charge in [0.05, 0.1) is 33.6 Å². The predicted molar refractivity (Wildman–Crippen MR) is 135 cm³/mol. The van der Waals surface area contributed by atoms with Gasteiger partial charge in [0.2, 0.25) is 0 Å². The first kappa shape index (κ1) is 25.8. The van der Waals surface area contributed by atoms with Gasteiger partial charge in [0.1, 0.15) is 40.3 Å². The van der Waals surface area contributed by atoms with Crippen molar-refractivity contribution in [3.63, 3.8) is 0 Å². The minimum absolute atomic E-state index is 0.0594. The van der Waals surface area contributed by atoms with Crippen molar-refractivity contribution in [2.24, 2.45) is 5.10 Å². The van der Waals surface area contributed by atoms with E-state index in [2.05, 4.69) is 5.10 Å². The number of hydrogen-bond acceptors (Lipinski definition) is 9. The Kier molecular flexibility index (Phi) is 7.96. The molecule has 0 aliphatic heterocycles. The summed E-state index contributed by atoms with van der Waals surface area (Å²) in [6, 6.07) is 13.5. The van der Waals surface area contributed by atoms with E-state index < -0.39 is 11.5 Å². The van der Waals surface area contributed by atoms with Gasteiger partial charge in [-0.2, -0.15) is 15.0 Å². The average Bonchev–Trinajstić information content (AvgIpc) is 2.90. The van der Waals surface area contributed by atoms with Crippen molar-refractivity contribution in [3.8, 4) is 34.4 Å². The molecule has 0 fully saturated rings. The average molecular weight is 491 g/mol. The molecule has 0 atom stereocenters. The minimum Gasteiger partial charge on any atom is -0.497 e. The molecular formula is C26H26N4O6. The number of nitrogens with two attached hydrogens (primary N) is 1. The van der Waals surface area contributed by atoms with E-state index in [1.54, 1.807) is 56.3 Å². The maximum Gasteiger partial charge on any atom is 0.342 e. The largest absolute Gasteiger partial charge is 0.497 e. The number of nitriles is 1. The highest BCUT2D eigenvalue weighted by Crippen LogP contribution is 2.32. The Bertz CT molecular complexity index is 1420. The molecule has 3 rings (SSSR count). The number of aromatic nitrogens is 1. The van der Waals surface area contributed by atoms with E-state index >= 15 is 0 Å². The molecule has 0 amide bonds. The molecule has 0 radical (unpaired) electrons. The maximum atomic E-state index is 13.4. The fraction of sp³-hybridized carbons (Fsp3) is 0.231. The van der Waals surface area contributed by atoms with E-state index in [-0.39, 0.29) is 29.1 Å². The highest BCUT2D eigenvalue weighted by Gasteiger charge is 2.27. The molecular weight excluding hydrogens is 464 g/mol.